The van der Waals surface area contributed by atoms with Gasteiger partial charge in [0, 0.05) is 81.6 Å². The number of hydrogen-bond donors (Lipinski definition) is 4. The van der Waals surface area contributed by atoms with Gasteiger partial charge in [-0.3, -0.25) is 0 Å². The van der Waals surface area contributed by atoms with Gasteiger partial charge in [-0.1, -0.05) is 0 Å². The summed E-state index contributed by atoms with van der Waals surface area (Å²) in [5, 5.41) is 0. The monoisotopic (exact) mass is 270 g/mol. The third kappa shape index (κ3) is 77.3. The van der Waals surface area contributed by atoms with Gasteiger partial charge in [-0.05, 0) is 0 Å². The van der Waals surface area contributed by atoms with Gasteiger partial charge in [-0.15, -0.1) is 0 Å². The first-order valence-corrected chi connectivity index (χ1v) is 0. The Morgan fingerprint density at radius 3 is 0.375 bits per heavy atom. The molecule has 12 N–H and O–H groups in total. The molecule has 0 aromatic carbocycles. The van der Waals surface area contributed by atoms with Crippen molar-refractivity contribution in [3.63, 3.8) is 0 Å². The second-order valence-corrected chi connectivity index (χ2v) is 0. The van der Waals surface area contributed by atoms with E-state index < -0.39 is 0 Å². The molecular weight excluding hydrogens is 258 g/mol. The summed E-state index contributed by atoms with van der Waals surface area (Å²) in [5.41, 5.74) is 0. The van der Waals surface area contributed by atoms with E-state index in [2.05, 4.69) is 0 Å². The molecule has 8 heteroatoms. The molecule has 0 fully saturated rings. The Balaban J connectivity index is 0. The van der Waals surface area contributed by atoms with Crippen LogP contribution in [0.3, 0.4) is 0 Å². The van der Waals surface area contributed by atoms with Gasteiger partial charge in [-0.2, -0.15) is 0 Å². The van der Waals surface area contributed by atoms with Crippen molar-refractivity contribution in [2.24, 2.45) is 0 Å². The molecule has 0 saturated heterocycles. The summed E-state index contributed by atoms with van der Waals surface area (Å²) < 4.78 is 0. The summed E-state index contributed by atoms with van der Waals surface area (Å²) in [4.78, 5) is 0. The summed E-state index contributed by atoms with van der Waals surface area (Å²) in [6.45, 7) is 0. The second-order valence-electron chi connectivity index (χ2n) is 0. The van der Waals surface area contributed by atoms with Crippen molar-refractivity contribution in [1.82, 2.24) is 24.6 Å². The SMILES string of the molecule is N.N.N.N.[Ni].[Ti].[Ti].[Ti]. The van der Waals surface area contributed by atoms with E-state index in [9.17, 15) is 0 Å². The van der Waals surface area contributed by atoms with E-state index in [0.29, 0.717) is 0 Å². The first-order chi connectivity index (χ1) is 0. The second kappa shape index (κ2) is 111. The molecule has 0 aliphatic rings. The molecule has 0 amide bonds. The zero-order valence-electron chi connectivity index (χ0n) is 4.64. The van der Waals surface area contributed by atoms with Crippen LogP contribution in [0.5, 0.6) is 0 Å². The molecule has 0 spiro atoms. The Bertz CT molecular complexity index is 11.2. The van der Waals surface area contributed by atoms with E-state index in [1.165, 1.54) is 0 Å². The van der Waals surface area contributed by atoms with E-state index >= 15 is 0 Å². The molecule has 0 bridgehead atoms. The Morgan fingerprint density at radius 2 is 0.375 bits per heavy atom. The predicted molar refractivity (Wildman–Crippen MR) is 20.1 cm³/mol. The van der Waals surface area contributed by atoms with Crippen LogP contribution in [0.1, 0.15) is 0 Å². The van der Waals surface area contributed by atoms with Crippen LogP contribution in [0.2, 0.25) is 0 Å². The fraction of sp³-hybridized carbons (Fsp3) is 0. The minimum atomic E-state index is 0. The van der Waals surface area contributed by atoms with Crippen LogP contribution in [-0.2, 0) is 81.6 Å². The van der Waals surface area contributed by atoms with Crippen molar-refractivity contribution >= 4 is 0 Å². The molecule has 0 aromatic rings. The maximum absolute atomic E-state index is 0. The third-order valence-electron chi connectivity index (χ3n) is 0. The van der Waals surface area contributed by atoms with Crippen LogP contribution >= 0.6 is 0 Å². The van der Waals surface area contributed by atoms with Crippen LogP contribution in [0.25, 0.3) is 0 Å². The maximum atomic E-state index is 0. The number of rotatable bonds is 0. The topological polar surface area (TPSA) is 140 Å². The van der Waals surface area contributed by atoms with E-state index in [1.54, 1.807) is 0 Å². The molecule has 0 rings (SSSR count). The van der Waals surface area contributed by atoms with Gasteiger partial charge >= 0.3 is 0 Å². The zero-order valence-corrected chi connectivity index (χ0v) is 10.3. The molecule has 0 heterocycles. The number of hydrogen-bond acceptors (Lipinski definition) is 4. The first kappa shape index (κ1) is 153. The summed E-state index contributed by atoms with van der Waals surface area (Å²) in [6.07, 6.45) is 0. The fourth-order valence-corrected chi connectivity index (χ4v) is 0. The van der Waals surface area contributed by atoms with Gasteiger partial charge in [0.2, 0.25) is 0 Å². The van der Waals surface area contributed by atoms with Crippen molar-refractivity contribution in [1.29, 1.82) is 0 Å². The molecule has 54 valence electrons. The summed E-state index contributed by atoms with van der Waals surface area (Å²) in [5.74, 6) is 0. The van der Waals surface area contributed by atoms with Gasteiger partial charge in [0.1, 0.15) is 0 Å². The zero-order chi connectivity index (χ0) is 0. The van der Waals surface area contributed by atoms with Crippen LogP contribution in [0, 0.1) is 0 Å². The molecule has 0 radical (unpaired) electrons. The molecule has 8 heavy (non-hydrogen) atoms. The minimum absolute atomic E-state index is 0. The molecule has 4 nitrogen and oxygen atoms in total. The van der Waals surface area contributed by atoms with Crippen molar-refractivity contribution in [2.45, 2.75) is 0 Å². The van der Waals surface area contributed by atoms with Crippen molar-refractivity contribution in [3.8, 4) is 0 Å². The van der Waals surface area contributed by atoms with E-state index in [1.807, 2.05) is 0 Å². The molecule has 0 saturated carbocycles. The fourth-order valence-electron chi connectivity index (χ4n) is 0. The molecule has 0 atom stereocenters. The smallest absolute Gasteiger partial charge is 0 e. The van der Waals surface area contributed by atoms with Gasteiger partial charge in [0.25, 0.3) is 0 Å². The summed E-state index contributed by atoms with van der Waals surface area (Å²) >= 11 is 0. The molecule has 0 aliphatic heterocycles. The standard InChI is InChI=1S/4H3N.Ni.3Ti/h4*1H3;;;;. The van der Waals surface area contributed by atoms with E-state index in [0.717, 1.165) is 0 Å². The third-order valence-corrected chi connectivity index (χ3v) is 0. The van der Waals surface area contributed by atoms with Gasteiger partial charge in [0.15, 0.2) is 0 Å². The largest absolute Gasteiger partial charge is 0.344 e. The van der Waals surface area contributed by atoms with Crippen molar-refractivity contribution in [2.75, 3.05) is 0 Å². The Hall–Kier alpha value is 2.48. The van der Waals surface area contributed by atoms with E-state index in [-0.39, 0.29) is 106 Å². The maximum Gasteiger partial charge on any atom is 0 e. The average molecular weight is 270 g/mol. The normalized spacial score (nSPS) is 0. The minimum Gasteiger partial charge on any atom is -0.344 e. The van der Waals surface area contributed by atoms with Crippen LogP contribution < -0.4 is 24.6 Å². The van der Waals surface area contributed by atoms with Gasteiger partial charge < -0.3 is 24.6 Å². The Morgan fingerprint density at radius 1 is 0.375 bits per heavy atom. The van der Waals surface area contributed by atoms with Crippen LogP contribution in [-0.4, -0.2) is 0 Å². The van der Waals surface area contributed by atoms with Gasteiger partial charge in [0.05, 0.1) is 0 Å². The Labute approximate surface area is 105 Å². The Kier molecular flexibility index (Phi) is 2130. The molecular formula is H12N4NiTi3. The molecule has 0 unspecified atom stereocenters. The predicted octanol–water partition coefficient (Wildman–Crippen LogP) is 0.638. The average Bonchev–Trinajstić information content (AvgIpc) is 0. The van der Waals surface area contributed by atoms with E-state index in [4.69, 9.17) is 0 Å². The van der Waals surface area contributed by atoms with Crippen LogP contribution in [0.4, 0.5) is 0 Å². The summed E-state index contributed by atoms with van der Waals surface area (Å²) in [7, 11) is 0. The van der Waals surface area contributed by atoms with Crippen molar-refractivity contribution < 1.29 is 81.6 Å². The quantitative estimate of drug-likeness (QED) is 0.479. The molecule has 0 aromatic heterocycles. The molecule has 0 aliphatic carbocycles. The van der Waals surface area contributed by atoms with Crippen LogP contribution in [0.15, 0.2) is 0 Å². The van der Waals surface area contributed by atoms with Crippen molar-refractivity contribution in [3.05, 3.63) is 0 Å². The summed E-state index contributed by atoms with van der Waals surface area (Å²) in [6, 6.07) is 0. The van der Waals surface area contributed by atoms with Gasteiger partial charge in [-0.25, -0.2) is 0 Å². The first-order valence-electron chi connectivity index (χ1n) is 0.